The number of hydrogen-bond acceptors (Lipinski definition) is 6. The van der Waals surface area contributed by atoms with Crippen LogP contribution in [-0.4, -0.2) is 30.3 Å². The van der Waals surface area contributed by atoms with E-state index in [1.807, 2.05) is 0 Å². The Bertz CT molecular complexity index is 440. The summed E-state index contributed by atoms with van der Waals surface area (Å²) >= 11 is 0. The Balaban J connectivity index is 2.08. The minimum absolute atomic E-state index is 0.0145. The van der Waals surface area contributed by atoms with Gasteiger partial charge in [-0.05, 0) is 6.08 Å². The van der Waals surface area contributed by atoms with Crippen LogP contribution in [0.4, 0.5) is 0 Å². The second-order valence-electron chi connectivity index (χ2n) is 2.63. The second kappa shape index (κ2) is 3.98. The van der Waals surface area contributed by atoms with Crippen molar-refractivity contribution in [1.29, 1.82) is 0 Å². The van der Waals surface area contributed by atoms with E-state index in [0.717, 1.165) is 5.17 Å². The normalized spacial score (nSPS) is 17.6. The molecule has 2 heterocycles. The van der Waals surface area contributed by atoms with Crippen LogP contribution in [0.25, 0.3) is 0 Å². The largest absolute Gasteiger partial charge is 0.326 e. The van der Waals surface area contributed by atoms with E-state index in [0.29, 0.717) is 0 Å². The standard InChI is InChI=1S/C6H8N4O4S/c11-15(12,6-4-7-8-5-6)9-10-2-1-3-13-14-10/h1,3-5,9H,2H2,(H,7,8). The molecule has 82 valence electrons. The molecule has 1 aromatic heterocycles. The molecule has 1 aromatic rings. The number of nitrogens with zero attached hydrogens (tertiary/aromatic N) is 2. The number of rotatable bonds is 3. The van der Waals surface area contributed by atoms with Gasteiger partial charge in [-0.15, -0.1) is 4.83 Å². The highest BCUT2D eigenvalue weighted by Crippen LogP contribution is 2.06. The monoisotopic (exact) mass is 232 g/mol. The molecule has 1 aliphatic heterocycles. The van der Waals surface area contributed by atoms with Crippen LogP contribution in [0.2, 0.25) is 0 Å². The van der Waals surface area contributed by atoms with Gasteiger partial charge in [0.1, 0.15) is 11.2 Å². The molecule has 8 nitrogen and oxygen atoms in total. The average molecular weight is 232 g/mol. The fraction of sp³-hybridized carbons (Fsp3) is 0.167. The van der Waals surface area contributed by atoms with Crippen LogP contribution < -0.4 is 4.83 Å². The maximum Gasteiger partial charge on any atom is 0.258 e. The Morgan fingerprint density at radius 1 is 1.60 bits per heavy atom. The van der Waals surface area contributed by atoms with Crippen molar-refractivity contribution in [3.05, 3.63) is 24.7 Å². The van der Waals surface area contributed by atoms with Crippen LogP contribution in [0, 0.1) is 0 Å². The fourth-order valence-corrected chi connectivity index (χ4v) is 1.79. The molecule has 0 radical (unpaired) electrons. The molecule has 0 amide bonds. The van der Waals surface area contributed by atoms with Gasteiger partial charge in [0, 0.05) is 6.20 Å². The van der Waals surface area contributed by atoms with E-state index in [1.54, 1.807) is 6.08 Å². The van der Waals surface area contributed by atoms with E-state index in [4.69, 9.17) is 0 Å². The van der Waals surface area contributed by atoms with E-state index >= 15 is 0 Å². The van der Waals surface area contributed by atoms with Gasteiger partial charge in [0.2, 0.25) is 0 Å². The van der Waals surface area contributed by atoms with Crippen LogP contribution in [0.5, 0.6) is 0 Å². The molecule has 0 saturated carbocycles. The topological polar surface area (TPSA) is 96.6 Å². The molecule has 0 atom stereocenters. The third kappa shape index (κ3) is 2.33. The Hall–Kier alpha value is -1.42. The lowest BCUT2D eigenvalue weighted by atomic mass is 10.6. The minimum atomic E-state index is -3.67. The second-order valence-corrected chi connectivity index (χ2v) is 4.29. The van der Waals surface area contributed by atoms with Crippen molar-refractivity contribution in [3.63, 3.8) is 0 Å². The summed E-state index contributed by atoms with van der Waals surface area (Å²) in [4.78, 5) is 11.1. The Kier molecular flexibility index (Phi) is 2.68. The summed E-state index contributed by atoms with van der Waals surface area (Å²) in [5.41, 5.74) is 0. The number of nitrogens with one attached hydrogen (secondary N) is 2. The molecule has 0 fully saturated rings. The van der Waals surface area contributed by atoms with Gasteiger partial charge in [-0.3, -0.25) is 5.10 Å². The molecule has 1 aliphatic rings. The van der Waals surface area contributed by atoms with E-state index in [2.05, 4.69) is 24.9 Å². The first-order valence-corrected chi connectivity index (χ1v) is 5.44. The summed E-state index contributed by atoms with van der Waals surface area (Å²) in [5, 5.41) is 6.87. The molecule has 9 heteroatoms. The molecular weight excluding hydrogens is 224 g/mol. The summed E-state index contributed by atoms with van der Waals surface area (Å²) in [6.45, 7) is 0.247. The van der Waals surface area contributed by atoms with E-state index < -0.39 is 10.0 Å². The smallest absolute Gasteiger partial charge is 0.258 e. The zero-order valence-electron chi connectivity index (χ0n) is 7.45. The molecule has 0 aliphatic carbocycles. The van der Waals surface area contributed by atoms with Gasteiger partial charge >= 0.3 is 0 Å². The number of hydroxylamine groups is 1. The van der Waals surface area contributed by atoms with Gasteiger partial charge in [-0.1, -0.05) is 10.2 Å². The molecular formula is C6H8N4O4S. The van der Waals surface area contributed by atoms with Crippen LogP contribution in [-0.2, 0) is 19.9 Å². The van der Waals surface area contributed by atoms with E-state index in [1.165, 1.54) is 18.7 Å². The predicted octanol–water partition coefficient (Wildman–Crippen LogP) is -0.705. The van der Waals surface area contributed by atoms with Gasteiger partial charge in [0.25, 0.3) is 10.0 Å². The third-order valence-corrected chi connectivity index (χ3v) is 2.85. The van der Waals surface area contributed by atoms with Crippen molar-refractivity contribution >= 4 is 10.0 Å². The highest BCUT2D eigenvalue weighted by Gasteiger charge is 2.21. The van der Waals surface area contributed by atoms with Gasteiger partial charge in [0.15, 0.2) is 0 Å². The van der Waals surface area contributed by atoms with Crippen LogP contribution in [0.1, 0.15) is 0 Å². The van der Waals surface area contributed by atoms with Crippen molar-refractivity contribution < 1.29 is 18.3 Å². The highest BCUT2D eigenvalue weighted by atomic mass is 32.2. The molecule has 2 rings (SSSR count). The molecule has 0 aromatic carbocycles. The first kappa shape index (κ1) is 10.1. The Labute approximate surface area is 85.4 Å². The number of aromatic amines is 1. The summed E-state index contributed by atoms with van der Waals surface area (Å²) < 4.78 is 23.2. The van der Waals surface area contributed by atoms with Gasteiger partial charge in [-0.2, -0.15) is 5.10 Å². The molecule has 15 heavy (non-hydrogen) atoms. The summed E-state index contributed by atoms with van der Waals surface area (Å²) in [6, 6.07) is 0. The number of H-pyrrole nitrogens is 1. The van der Waals surface area contributed by atoms with Crippen LogP contribution >= 0.6 is 0 Å². The highest BCUT2D eigenvalue weighted by molar-refractivity contribution is 7.89. The quantitative estimate of drug-likeness (QED) is 0.669. The van der Waals surface area contributed by atoms with Gasteiger partial charge < -0.3 is 4.89 Å². The van der Waals surface area contributed by atoms with Gasteiger partial charge in [0.05, 0.1) is 12.7 Å². The maximum atomic E-state index is 11.6. The van der Waals surface area contributed by atoms with Gasteiger partial charge in [-0.25, -0.2) is 8.42 Å². The van der Waals surface area contributed by atoms with E-state index in [-0.39, 0.29) is 11.4 Å². The zero-order valence-corrected chi connectivity index (χ0v) is 8.27. The lowest BCUT2D eigenvalue weighted by molar-refractivity contribution is -0.412. The summed E-state index contributed by atoms with van der Waals surface area (Å²) in [6.07, 6.45) is 5.33. The molecule has 0 bridgehead atoms. The first-order chi connectivity index (χ1) is 7.18. The predicted molar refractivity (Wildman–Crippen MR) is 46.9 cm³/mol. The fourth-order valence-electron chi connectivity index (χ4n) is 0.911. The van der Waals surface area contributed by atoms with Crippen molar-refractivity contribution in [2.24, 2.45) is 0 Å². The lowest BCUT2D eigenvalue weighted by Crippen LogP contribution is -2.42. The Morgan fingerprint density at radius 2 is 2.47 bits per heavy atom. The van der Waals surface area contributed by atoms with Crippen LogP contribution in [0.3, 0.4) is 0 Å². The maximum absolute atomic E-state index is 11.6. The zero-order chi connectivity index (χ0) is 10.7. The lowest BCUT2D eigenvalue weighted by Gasteiger charge is -2.20. The number of hydrogen-bond donors (Lipinski definition) is 2. The molecule has 0 saturated heterocycles. The average Bonchev–Trinajstić information content (AvgIpc) is 2.71. The minimum Gasteiger partial charge on any atom is -0.326 e. The van der Waals surface area contributed by atoms with Crippen molar-refractivity contribution in [2.75, 3.05) is 6.54 Å². The Morgan fingerprint density at radius 3 is 3.07 bits per heavy atom. The summed E-state index contributed by atoms with van der Waals surface area (Å²) in [5.74, 6) is 0. The van der Waals surface area contributed by atoms with Crippen molar-refractivity contribution in [3.8, 4) is 0 Å². The molecule has 0 unspecified atom stereocenters. The first-order valence-electron chi connectivity index (χ1n) is 3.96. The summed E-state index contributed by atoms with van der Waals surface area (Å²) in [7, 11) is -3.67. The third-order valence-electron chi connectivity index (χ3n) is 1.56. The number of aromatic nitrogens is 2. The van der Waals surface area contributed by atoms with Crippen molar-refractivity contribution in [2.45, 2.75) is 4.90 Å². The number of sulfonamides is 1. The molecule has 0 spiro atoms. The van der Waals surface area contributed by atoms with Crippen molar-refractivity contribution in [1.82, 2.24) is 20.2 Å². The van der Waals surface area contributed by atoms with E-state index in [9.17, 15) is 8.42 Å². The molecule has 2 N–H and O–H groups in total. The number of hydrazine groups is 1. The SMILES string of the molecule is O=S(=O)(NN1CC=COO1)c1cn[nH]c1. The van der Waals surface area contributed by atoms with Crippen LogP contribution in [0.15, 0.2) is 29.6 Å².